The van der Waals surface area contributed by atoms with Crippen molar-refractivity contribution in [1.82, 2.24) is 4.90 Å². The van der Waals surface area contributed by atoms with Crippen molar-refractivity contribution in [3.8, 4) is 0 Å². The van der Waals surface area contributed by atoms with Crippen molar-refractivity contribution in [2.75, 3.05) is 6.54 Å². The third-order valence-corrected chi connectivity index (χ3v) is 4.21. The minimum absolute atomic E-state index is 0.0113. The molecule has 4 heteroatoms. The first-order chi connectivity index (χ1) is 6.15. The van der Waals surface area contributed by atoms with E-state index < -0.39 is 0 Å². The Kier molecular flexibility index (Phi) is 2.10. The second-order valence-electron chi connectivity index (χ2n) is 3.59. The molecule has 2 amide bonds. The van der Waals surface area contributed by atoms with Crippen molar-refractivity contribution >= 4 is 23.6 Å². The first-order valence-corrected chi connectivity index (χ1v) is 5.59. The maximum Gasteiger partial charge on any atom is 0.233 e. The number of hydrogen-bond donors (Lipinski definition) is 0. The smallest absolute Gasteiger partial charge is 0.233 e. The van der Waals surface area contributed by atoms with E-state index in [9.17, 15) is 9.59 Å². The second kappa shape index (κ2) is 3.01. The van der Waals surface area contributed by atoms with Gasteiger partial charge in [0.2, 0.25) is 11.8 Å². The molecule has 2 aliphatic rings. The molecule has 13 heavy (non-hydrogen) atoms. The molecule has 0 aromatic heterocycles. The summed E-state index contributed by atoms with van der Waals surface area (Å²) in [5, 5.41) is 0.978. The zero-order valence-electron chi connectivity index (χ0n) is 7.82. The summed E-state index contributed by atoms with van der Waals surface area (Å²) >= 11 is 1.81. The summed E-state index contributed by atoms with van der Waals surface area (Å²) < 4.78 is 0. The van der Waals surface area contributed by atoms with Crippen molar-refractivity contribution < 1.29 is 9.59 Å². The normalized spacial score (nSPS) is 38.6. The van der Waals surface area contributed by atoms with E-state index in [4.69, 9.17) is 0 Å². The number of hydrogen-bond acceptors (Lipinski definition) is 3. The van der Waals surface area contributed by atoms with Gasteiger partial charge in [0.25, 0.3) is 0 Å². The number of amides is 2. The Hall–Kier alpha value is -0.510. The lowest BCUT2D eigenvalue weighted by Gasteiger charge is -2.10. The van der Waals surface area contributed by atoms with Gasteiger partial charge in [-0.2, -0.15) is 11.8 Å². The maximum absolute atomic E-state index is 11.7. The lowest BCUT2D eigenvalue weighted by molar-refractivity contribution is -0.138. The minimum Gasteiger partial charge on any atom is -0.283 e. The highest BCUT2D eigenvalue weighted by atomic mass is 32.2. The molecule has 2 fully saturated rings. The van der Waals surface area contributed by atoms with Crippen LogP contribution in [0.5, 0.6) is 0 Å². The highest BCUT2D eigenvalue weighted by molar-refractivity contribution is 8.07. The Morgan fingerprint density at radius 1 is 1.54 bits per heavy atom. The van der Waals surface area contributed by atoms with Gasteiger partial charge in [0, 0.05) is 23.5 Å². The lowest BCUT2D eigenvalue weighted by atomic mass is 10.0. The molecule has 0 N–H and O–H groups in total. The molecular weight excluding hydrogens is 186 g/mol. The Bertz CT molecular complexity index is 266. The average Bonchev–Trinajstić information content (AvgIpc) is 2.72. The van der Waals surface area contributed by atoms with Crippen LogP contribution in [0.25, 0.3) is 0 Å². The molecule has 3 unspecified atom stereocenters. The molecule has 0 radical (unpaired) electrons. The van der Waals surface area contributed by atoms with Crippen molar-refractivity contribution in [1.29, 1.82) is 0 Å². The Balaban J connectivity index is 2.08. The fraction of sp³-hybridized carbons (Fsp3) is 0.778. The summed E-state index contributed by atoms with van der Waals surface area (Å²) in [7, 11) is 0. The van der Waals surface area contributed by atoms with Crippen molar-refractivity contribution in [2.24, 2.45) is 5.92 Å². The van der Waals surface area contributed by atoms with Gasteiger partial charge in [0.05, 0.1) is 5.92 Å². The third kappa shape index (κ3) is 1.37. The van der Waals surface area contributed by atoms with Crippen LogP contribution in [0, 0.1) is 5.92 Å². The fourth-order valence-corrected chi connectivity index (χ4v) is 2.92. The summed E-state index contributed by atoms with van der Waals surface area (Å²) in [5.74, 6) is 0.0407. The summed E-state index contributed by atoms with van der Waals surface area (Å²) in [4.78, 5) is 24.4. The monoisotopic (exact) mass is 199 g/mol. The van der Waals surface area contributed by atoms with Crippen LogP contribution < -0.4 is 0 Å². The molecule has 0 bridgehead atoms. The third-order valence-electron chi connectivity index (χ3n) is 2.75. The van der Waals surface area contributed by atoms with Gasteiger partial charge in [-0.25, -0.2) is 0 Å². The molecule has 3 atom stereocenters. The van der Waals surface area contributed by atoms with Gasteiger partial charge < -0.3 is 0 Å². The Labute approximate surface area is 81.9 Å². The van der Waals surface area contributed by atoms with E-state index >= 15 is 0 Å². The standard InChI is InChI=1S/C9H13NO2S/c1-3-10-7(11)4-6(9(10)12)8-5(2)13-8/h5-6,8H,3-4H2,1-2H3. The van der Waals surface area contributed by atoms with E-state index in [1.165, 1.54) is 4.90 Å². The highest BCUT2D eigenvalue weighted by Gasteiger charge is 2.50. The van der Waals surface area contributed by atoms with Crippen LogP contribution in [0.3, 0.4) is 0 Å². The number of carbonyl (C=O) groups excluding carboxylic acids is 2. The summed E-state index contributed by atoms with van der Waals surface area (Å²) in [6.07, 6.45) is 0.439. The summed E-state index contributed by atoms with van der Waals surface area (Å²) in [6, 6.07) is 0. The van der Waals surface area contributed by atoms with Gasteiger partial charge >= 0.3 is 0 Å². The van der Waals surface area contributed by atoms with Crippen LogP contribution in [0.15, 0.2) is 0 Å². The first-order valence-electron chi connectivity index (χ1n) is 4.64. The van der Waals surface area contributed by atoms with Crippen LogP contribution in [0.2, 0.25) is 0 Å². The number of likely N-dealkylation sites (tertiary alicyclic amines) is 1. The largest absolute Gasteiger partial charge is 0.283 e. The van der Waals surface area contributed by atoms with E-state index in [0.29, 0.717) is 23.5 Å². The molecule has 0 aromatic rings. The molecular formula is C9H13NO2S. The Morgan fingerprint density at radius 2 is 2.15 bits per heavy atom. The van der Waals surface area contributed by atoms with Crippen molar-refractivity contribution in [3.63, 3.8) is 0 Å². The second-order valence-corrected chi connectivity index (χ2v) is 5.15. The van der Waals surface area contributed by atoms with E-state index in [1.54, 1.807) is 0 Å². The molecule has 3 nitrogen and oxygen atoms in total. The van der Waals surface area contributed by atoms with Crippen molar-refractivity contribution in [3.05, 3.63) is 0 Å². The van der Waals surface area contributed by atoms with E-state index in [0.717, 1.165) is 0 Å². The van der Waals surface area contributed by atoms with Crippen LogP contribution in [0.1, 0.15) is 20.3 Å². The topological polar surface area (TPSA) is 37.4 Å². The molecule has 0 saturated carbocycles. The number of carbonyl (C=O) groups is 2. The maximum atomic E-state index is 11.7. The number of rotatable bonds is 2. The fourth-order valence-electron chi connectivity index (χ4n) is 1.92. The summed E-state index contributed by atoms with van der Waals surface area (Å²) in [5.41, 5.74) is 0. The summed E-state index contributed by atoms with van der Waals surface area (Å²) in [6.45, 7) is 4.49. The van der Waals surface area contributed by atoms with Gasteiger partial charge in [-0.05, 0) is 6.92 Å². The molecule has 2 saturated heterocycles. The van der Waals surface area contributed by atoms with E-state index in [2.05, 4.69) is 6.92 Å². The molecule has 72 valence electrons. The van der Waals surface area contributed by atoms with Gasteiger partial charge in [0.15, 0.2) is 0 Å². The molecule has 2 heterocycles. The van der Waals surface area contributed by atoms with E-state index in [-0.39, 0.29) is 17.7 Å². The van der Waals surface area contributed by atoms with Gasteiger partial charge in [-0.1, -0.05) is 6.92 Å². The SMILES string of the molecule is CCN1C(=O)CC(C2SC2C)C1=O. The predicted octanol–water partition coefficient (Wildman–Crippen LogP) is 0.885. The zero-order chi connectivity index (χ0) is 9.59. The first kappa shape index (κ1) is 9.06. The number of imide groups is 1. The molecule has 2 rings (SSSR count). The zero-order valence-corrected chi connectivity index (χ0v) is 8.63. The predicted molar refractivity (Wildman–Crippen MR) is 51.3 cm³/mol. The van der Waals surface area contributed by atoms with Gasteiger partial charge in [-0.3, -0.25) is 14.5 Å². The van der Waals surface area contributed by atoms with Crippen LogP contribution in [-0.2, 0) is 9.59 Å². The van der Waals surface area contributed by atoms with Gasteiger partial charge in [-0.15, -0.1) is 0 Å². The van der Waals surface area contributed by atoms with Crippen LogP contribution in [-0.4, -0.2) is 33.8 Å². The lowest BCUT2D eigenvalue weighted by Crippen LogP contribution is -2.31. The van der Waals surface area contributed by atoms with Crippen LogP contribution >= 0.6 is 11.8 Å². The minimum atomic E-state index is -0.0209. The van der Waals surface area contributed by atoms with E-state index in [1.807, 2.05) is 18.7 Å². The van der Waals surface area contributed by atoms with Crippen molar-refractivity contribution in [2.45, 2.75) is 30.8 Å². The molecule has 0 spiro atoms. The van der Waals surface area contributed by atoms with Crippen LogP contribution in [0.4, 0.5) is 0 Å². The number of nitrogens with zero attached hydrogens (tertiary/aromatic N) is 1. The average molecular weight is 199 g/mol. The number of thioether (sulfide) groups is 1. The highest BCUT2D eigenvalue weighted by Crippen LogP contribution is 2.49. The quantitative estimate of drug-likeness (QED) is 0.489. The molecule has 0 aliphatic carbocycles. The molecule has 2 aliphatic heterocycles. The Morgan fingerprint density at radius 3 is 2.54 bits per heavy atom. The van der Waals surface area contributed by atoms with Gasteiger partial charge in [0.1, 0.15) is 0 Å². The molecule has 0 aromatic carbocycles.